The normalized spacial score (nSPS) is 27.5. The second-order valence-electron chi connectivity index (χ2n) is 7.53. The minimum Gasteiger partial charge on any atom is -0.446 e. The van der Waals surface area contributed by atoms with Crippen LogP contribution in [0.15, 0.2) is 60.7 Å². The van der Waals surface area contributed by atoms with Gasteiger partial charge in [0.2, 0.25) is 5.91 Å². The lowest BCUT2D eigenvalue weighted by atomic mass is 9.82. The molecule has 1 heterocycles. The molecule has 2 fully saturated rings. The first kappa shape index (κ1) is 16.8. The predicted octanol–water partition coefficient (Wildman–Crippen LogP) is 4.32. The summed E-state index contributed by atoms with van der Waals surface area (Å²) >= 11 is 0. The molecule has 2 aliphatic rings. The van der Waals surface area contributed by atoms with E-state index in [4.69, 9.17) is 4.74 Å². The van der Waals surface area contributed by atoms with Crippen molar-refractivity contribution in [2.45, 2.75) is 31.7 Å². The first-order valence-corrected chi connectivity index (χ1v) is 9.16. The van der Waals surface area contributed by atoms with E-state index in [1.807, 2.05) is 48.5 Å². The van der Waals surface area contributed by atoms with Gasteiger partial charge in [0.05, 0.1) is 0 Å². The van der Waals surface area contributed by atoms with Crippen LogP contribution in [-0.4, -0.2) is 23.5 Å². The number of ether oxygens (including phenoxy) is 1. The van der Waals surface area contributed by atoms with E-state index in [0.717, 1.165) is 12.0 Å². The SMILES string of the molecule is CC(C)[C@]1(c2ccccc2)C[C@H]1C(=O)N1C(=O)OCC1c1ccccc1. The molecule has 0 spiro atoms. The topological polar surface area (TPSA) is 46.6 Å². The van der Waals surface area contributed by atoms with Crippen LogP contribution in [0.1, 0.15) is 37.4 Å². The van der Waals surface area contributed by atoms with E-state index in [1.54, 1.807) is 0 Å². The molecule has 4 heteroatoms. The fraction of sp³-hybridized carbons (Fsp3) is 0.364. The fourth-order valence-electron chi connectivity index (χ4n) is 4.38. The molecule has 1 unspecified atom stereocenters. The maximum Gasteiger partial charge on any atom is 0.417 e. The Kier molecular flexibility index (Phi) is 4.06. The Morgan fingerprint density at radius 3 is 2.31 bits per heavy atom. The quantitative estimate of drug-likeness (QED) is 0.826. The van der Waals surface area contributed by atoms with Crippen molar-refractivity contribution in [3.8, 4) is 0 Å². The summed E-state index contributed by atoms with van der Waals surface area (Å²) in [6, 6.07) is 19.5. The summed E-state index contributed by atoms with van der Waals surface area (Å²) in [6.45, 7) is 4.52. The highest BCUT2D eigenvalue weighted by Crippen LogP contribution is 2.60. The molecule has 26 heavy (non-hydrogen) atoms. The Bertz CT molecular complexity index is 818. The average molecular weight is 349 g/mol. The van der Waals surface area contributed by atoms with Gasteiger partial charge in [-0.2, -0.15) is 0 Å². The zero-order valence-electron chi connectivity index (χ0n) is 15.1. The number of amides is 2. The van der Waals surface area contributed by atoms with Gasteiger partial charge in [-0.25, -0.2) is 9.69 Å². The van der Waals surface area contributed by atoms with Crippen molar-refractivity contribution in [1.29, 1.82) is 0 Å². The molecular weight excluding hydrogens is 326 g/mol. The van der Waals surface area contributed by atoms with E-state index >= 15 is 0 Å². The molecule has 4 rings (SSSR count). The standard InChI is InChI=1S/C22H23NO3/c1-15(2)22(17-11-7-4-8-12-17)13-18(22)20(24)23-19(14-26-21(23)25)16-9-5-3-6-10-16/h3-12,15,18-19H,13-14H2,1-2H3/t18-,19?,22-/m0/s1. The Hall–Kier alpha value is -2.62. The van der Waals surface area contributed by atoms with E-state index < -0.39 is 6.09 Å². The maximum atomic E-state index is 13.3. The minimum atomic E-state index is -0.526. The Labute approximate surface area is 153 Å². The maximum absolute atomic E-state index is 13.3. The van der Waals surface area contributed by atoms with Crippen molar-refractivity contribution >= 4 is 12.0 Å². The first-order valence-electron chi connectivity index (χ1n) is 9.16. The molecule has 2 aromatic carbocycles. The Morgan fingerprint density at radius 2 is 1.69 bits per heavy atom. The van der Waals surface area contributed by atoms with Crippen LogP contribution in [0.3, 0.4) is 0 Å². The van der Waals surface area contributed by atoms with Crippen LogP contribution in [0.2, 0.25) is 0 Å². The van der Waals surface area contributed by atoms with Crippen LogP contribution >= 0.6 is 0 Å². The monoisotopic (exact) mass is 349 g/mol. The average Bonchev–Trinajstić information content (AvgIpc) is 3.33. The van der Waals surface area contributed by atoms with Crippen LogP contribution < -0.4 is 0 Å². The third-order valence-electron chi connectivity index (χ3n) is 5.94. The van der Waals surface area contributed by atoms with E-state index in [0.29, 0.717) is 5.92 Å². The molecule has 134 valence electrons. The Morgan fingerprint density at radius 1 is 1.08 bits per heavy atom. The van der Waals surface area contributed by atoms with Gasteiger partial charge in [0, 0.05) is 11.3 Å². The van der Waals surface area contributed by atoms with E-state index in [1.165, 1.54) is 10.5 Å². The highest BCUT2D eigenvalue weighted by Gasteiger charge is 2.63. The molecular formula is C22H23NO3. The van der Waals surface area contributed by atoms with Crippen molar-refractivity contribution < 1.29 is 14.3 Å². The zero-order valence-corrected chi connectivity index (χ0v) is 15.1. The Balaban J connectivity index is 1.64. The lowest BCUT2D eigenvalue weighted by Crippen LogP contribution is -2.37. The third-order valence-corrected chi connectivity index (χ3v) is 5.94. The third kappa shape index (κ3) is 2.52. The molecule has 3 atom stereocenters. The number of nitrogens with zero attached hydrogens (tertiary/aromatic N) is 1. The van der Waals surface area contributed by atoms with Gasteiger partial charge in [0.1, 0.15) is 12.6 Å². The molecule has 0 radical (unpaired) electrons. The molecule has 0 aromatic heterocycles. The largest absolute Gasteiger partial charge is 0.446 e. The van der Waals surface area contributed by atoms with Crippen LogP contribution in [0.25, 0.3) is 0 Å². The molecule has 1 aliphatic heterocycles. The lowest BCUT2D eigenvalue weighted by molar-refractivity contribution is -0.131. The van der Waals surface area contributed by atoms with Crippen molar-refractivity contribution in [2.75, 3.05) is 6.61 Å². The summed E-state index contributed by atoms with van der Waals surface area (Å²) in [5.74, 6) is 0.0216. The molecule has 0 N–H and O–H groups in total. The van der Waals surface area contributed by atoms with Gasteiger partial charge in [0.25, 0.3) is 0 Å². The van der Waals surface area contributed by atoms with Gasteiger partial charge in [-0.05, 0) is 23.5 Å². The summed E-state index contributed by atoms with van der Waals surface area (Å²) in [4.78, 5) is 27.0. The van der Waals surface area contributed by atoms with E-state index in [-0.39, 0.29) is 29.9 Å². The summed E-state index contributed by atoms with van der Waals surface area (Å²) in [6.07, 6.45) is 0.250. The second-order valence-corrected chi connectivity index (χ2v) is 7.53. The molecule has 4 nitrogen and oxygen atoms in total. The van der Waals surface area contributed by atoms with Crippen molar-refractivity contribution in [3.05, 3.63) is 71.8 Å². The fourth-order valence-corrected chi connectivity index (χ4v) is 4.38. The van der Waals surface area contributed by atoms with Gasteiger partial charge in [0.15, 0.2) is 0 Å². The van der Waals surface area contributed by atoms with Crippen molar-refractivity contribution in [3.63, 3.8) is 0 Å². The summed E-state index contributed by atoms with van der Waals surface area (Å²) in [7, 11) is 0. The summed E-state index contributed by atoms with van der Waals surface area (Å²) in [5, 5.41) is 0. The van der Waals surface area contributed by atoms with Gasteiger partial charge in [-0.15, -0.1) is 0 Å². The van der Waals surface area contributed by atoms with E-state index in [2.05, 4.69) is 26.0 Å². The van der Waals surface area contributed by atoms with Gasteiger partial charge < -0.3 is 4.74 Å². The lowest BCUT2D eigenvalue weighted by Gasteiger charge is -2.25. The van der Waals surface area contributed by atoms with Crippen LogP contribution in [0, 0.1) is 11.8 Å². The molecule has 0 bridgehead atoms. The number of carbonyl (C=O) groups is 2. The summed E-state index contributed by atoms with van der Waals surface area (Å²) in [5.41, 5.74) is 1.92. The molecule has 1 aliphatic carbocycles. The van der Waals surface area contributed by atoms with E-state index in [9.17, 15) is 9.59 Å². The second kappa shape index (κ2) is 6.27. The van der Waals surface area contributed by atoms with Crippen molar-refractivity contribution in [1.82, 2.24) is 4.90 Å². The number of cyclic esters (lactones) is 1. The highest BCUT2D eigenvalue weighted by molar-refractivity contribution is 5.97. The van der Waals surface area contributed by atoms with Crippen LogP contribution in [-0.2, 0) is 14.9 Å². The van der Waals surface area contributed by atoms with Crippen molar-refractivity contribution in [2.24, 2.45) is 11.8 Å². The number of imide groups is 1. The van der Waals surface area contributed by atoms with Crippen LogP contribution in [0.5, 0.6) is 0 Å². The minimum absolute atomic E-state index is 0.112. The number of carbonyl (C=O) groups excluding carboxylic acids is 2. The highest BCUT2D eigenvalue weighted by atomic mass is 16.6. The number of rotatable bonds is 4. The predicted molar refractivity (Wildman–Crippen MR) is 98.4 cm³/mol. The molecule has 2 aromatic rings. The zero-order chi connectivity index (χ0) is 18.3. The number of benzene rings is 2. The summed E-state index contributed by atoms with van der Waals surface area (Å²) < 4.78 is 5.23. The van der Waals surface area contributed by atoms with Gasteiger partial charge >= 0.3 is 6.09 Å². The number of hydrogen-bond donors (Lipinski definition) is 0. The number of hydrogen-bond acceptors (Lipinski definition) is 3. The van der Waals surface area contributed by atoms with Gasteiger partial charge in [-0.3, -0.25) is 4.79 Å². The van der Waals surface area contributed by atoms with Gasteiger partial charge in [-0.1, -0.05) is 74.5 Å². The molecule has 1 saturated carbocycles. The molecule has 1 saturated heterocycles. The smallest absolute Gasteiger partial charge is 0.417 e. The first-order chi connectivity index (χ1) is 12.6. The van der Waals surface area contributed by atoms with Crippen LogP contribution in [0.4, 0.5) is 4.79 Å². The molecule has 2 amide bonds.